The highest BCUT2D eigenvalue weighted by atomic mass is 32.1. The van der Waals surface area contributed by atoms with Crippen LogP contribution in [0.1, 0.15) is 55.2 Å². The number of hydrogen-bond acceptors (Lipinski definition) is 5. The molecule has 0 saturated carbocycles. The molecule has 7 heteroatoms. The second-order valence-corrected chi connectivity index (χ2v) is 8.66. The van der Waals surface area contributed by atoms with Crippen molar-refractivity contribution in [3.05, 3.63) is 59.2 Å². The lowest BCUT2D eigenvalue weighted by atomic mass is 9.72. The molecule has 2 aromatic rings. The Morgan fingerprint density at radius 3 is 2.47 bits per heavy atom. The largest absolute Gasteiger partial charge is 0.480 e. The number of carbonyl (C=O) groups is 2. The van der Waals surface area contributed by atoms with Gasteiger partial charge in [0.1, 0.15) is 5.54 Å². The van der Waals surface area contributed by atoms with Gasteiger partial charge in [-0.1, -0.05) is 26.0 Å². The lowest BCUT2D eigenvalue weighted by Gasteiger charge is -2.41. The molecule has 1 heterocycles. The van der Waals surface area contributed by atoms with Crippen LogP contribution < -0.4 is 16.4 Å². The molecule has 1 unspecified atom stereocenters. The van der Waals surface area contributed by atoms with E-state index in [0.29, 0.717) is 5.56 Å². The first-order chi connectivity index (χ1) is 14.0. The van der Waals surface area contributed by atoms with Gasteiger partial charge in [0.05, 0.1) is 6.04 Å². The molecule has 6 nitrogen and oxygen atoms in total. The first kappa shape index (κ1) is 23.6. The Kier molecular flexibility index (Phi) is 7.08. The van der Waals surface area contributed by atoms with Crippen molar-refractivity contribution in [2.45, 2.75) is 45.7 Å². The number of amides is 1. The first-order valence-electron chi connectivity index (χ1n) is 9.75. The van der Waals surface area contributed by atoms with Crippen LogP contribution in [0.5, 0.6) is 0 Å². The molecule has 30 heavy (non-hydrogen) atoms. The van der Waals surface area contributed by atoms with Gasteiger partial charge in [0, 0.05) is 16.9 Å². The number of hydrogen-bond donors (Lipinski definition) is 5. The third kappa shape index (κ3) is 5.08. The standard InChI is InChI=1S/C22H27N3O3.CH4S/c1-21(2)12-15-10-14(19(23)26)8-9-17(15)24-18(21)13-6-5-7-16(11-13)25-22(3,4)20(27)28;1-2/h5-11,18,24-25H,12H2,1-4H3,(H2,23,26)(H,27,28);2H,1H3. The number of aliphatic carboxylic acids is 1. The third-order valence-corrected chi connectivity index (χ3v) is 5.33. The fraction of sp³-hybridized carbons (Fsp3) is 0.391. The zero-order chi connectivity index (χ0) is 22.7. The molecule has 162 valence electrons. The normalized spacial score (nSPS) is 16.9. The van der Waals surface area contributed by atoms with E-state index in [-0.39, 0.29) is 11.5 Å². The Balaban J connectivity index is 0.00000155. The summed E-state index contributed by atoms with van der Waals surface area (Å²) >= 11 is 3.53. The summed E-state index contributed by atoms with van der Waals surface area (Å²) in [5, 5.41) is 16.0. The van der Waals surface area contributed by atoms with Crippen molar-refractivity contribution in [1.82, 2.24) is 0 Å². The van der Waals surface area contributed by atoms with E-state index in [9.17, 15) is 14.7 Å². The quantitative estimate of drug-likeness (QED) is 0.455. The predicted molar refractivity (Wildman–Crippen MR) is 125 cm³/mol. The maximum atomic E-state index is 11.5. The molecule has 0 aliphatic carbocycles. The summed E-state index contributed by atoms with van der Waals surface area (Å²) in [5.41, 5.74) is 8.62. The van der Waals surface area contributed by atoms with Crippen molar-refractivity contribution in [3.8, 4) is 0 Å². The molecule has 1 aliphatic heterocycles. The van der Waals surface area contributed by atoms with Crippen LogP contribution in [0.25, 0.3) is 0 Å². The topological polar surface area (TPSA) is 104 Å². The lowest BCUT2D eigenvalue weighted by molar-refractivity contribution is -0.141. The second-order valence-electron chi connectivity index (χ2n) is 8.66. The second kappa shape index (κ2) is 9.00. The molecule has 0 aromatic heterocycles. The maximum absolute atomic E-state index is 11.5. The first-order valence-corrected chi connectivity index (χ1v) is 10.6. The van der Waals surface area contributed by atoms with E-state index in [1.807, 2.05) is 36.4 Å². The minimum absolute atomic E-state index is 0.0362. The number of primary amides is 1. The predicted octanol–water partition coefficient (Wildman–Crippen LogP) is 4.34. The smallest absolute Gasteiger partial charge is 0.328 e. The van der Waals surface area contributed by atoms with Crippen LogP contribution in [-0.4, -0.2) is 28.8 Å². The maximum Gasteiger partial charge on any atom is 0.328 e. The Morgan fingerprint density at radius 2 is 1.87 bits per heavy atom. The molecule has 1 aliphatic rings. The summed E-state index contributed by atoms with van der Waals surface area (Å²) in [5.74, 6) is -1.34. The van der Waals surface area contributed by atoms with E-state index in [2.05, 4.69) is 37.1 Å². The number of nitrogens with two attached hydrogens (primary N) is 1. The van der Waals surface area contributed by atoms with Crippen LogP contribution in [0.4, 0.5) is 11.4 Å². The van der Waals surface area contributed by atoms with Gasteiger partial charge in [0.25, 0.3) is 0 Å². The van der Waals surface area contributed by atoms with Gasteiger partial charge in [-0.3, -0.25) is 4.79 Å². The van der Waals surface area contributed by atoms with E-state index in [0.717, 1.165) is 28.9 Å². The molecule has 1 amide bonds. The number of anilines is 2. The summed E-state index contributed by atoms with van der Waals surface area (Å²) in [4.78, 5) is 22.9. The lowest BCUT2D eigenvalue weighted by Crippen LogP contribution is -2.40. The van der Waals surface area contributed by atoms with E-state index < -0.39 is 17.4 Å². The average Bonchev–Trinajstić information content (AvgIpc) is 2.67. The number of rotatable bonds is 5. The van der Waals surface area contributed by atoms with Crippen LogP contribution in [0, 0.1) is 5.41 Å². The number of carboxylic acid groups (broad SMARTS) is 1. The minimum Gasteiger partial charge on any atom is -0.480 e. The molecule has 1 atom stereocenters. The van der Waals surface area contributed by atoms with Gasteiger partial charge >= 0.3 is 5.97 Å². The molecule has 0 fully saturated rings. The van der Waals surface area contributed by atoms with Gasteiger partial charge in [-0.05, 0) is 73.4 Å². The molecule has 0 spiro atoms. The summed E-state index contributed by atoms with van der Waals surface area (Å²) in [6, 6.07) is 13.4. The molecule has 0 saturated heterocycles. The molecular weight excluding hydrogens is 398 g/mol. The van der Waals surface area contributed by atoms with Crippen molar-refractivity contribution in [1.29, 1.82) is 0 Å². The summed E-state index contributed by atoms with van der Waals surface area (Å²) in [6.45, 7) is 7.62. The van der Waals surface area contributed by atoms with E-state index in [1.54, 1.807) is 26.2 Å². The van der Waals surface area contributed by atoms with Crippen molar-refractivity contribution < 1.29 is 14.7 Å². The number of carboxylic acids is 1. The van der Waals surface area contributed by atoms with E-state index in [1.165, 1.54) is 0 Å². The fourth-order valence-corrected chi connectivity index (χ4v) is 3.72. The van der Waals surface area contributed by atoms with Crippen molar-refractivity contribution in [2.24, 2.45) is 11.1 Å². The minimum atomic E-state index is -1.06. The van der Waals surface area contributed by atoms with Gasteiger partial charge < -0.3 is 21.5 Å². The monoisotopic (exact) mass is 429 g/mol. The van der Waals surface area contributed by atoms with Gasteiger partial charge in [0.15, 0.2) is 0 Å². The Morgan fingerprint density at radius 1 is 1.20 bits per heavy atom. The molecular formula is C23H31N3O3S. The Hall–Kier alpha value is -2.67. The molecule has 3 rings (SSSR count). The van der Waals surface area contributed by atoms with E-state index in [4.69, 9.17) is 5.73 Å². The van der Waals surface area contributed by atoms with Gasteiger partial charge in [-0.15, -0.1) is 0 Å². The number of carbonyl (C=O) groups excluding carboxylic acids is 1. The zero-order valence-electron chi connectivity index (χ0n) is 18.1. The number of nitrogens with one attached hydrogen (secondary N) is 2. The SMILES string of the molecule is CC(C)(Nc1cccc(C2Nc3ccc(C(N)=O)cc3CC2(C)C)c1)C(=O)O.CS. The van der Waals surface area contributed by atoms with Crippen molar-refractivity contribution in [2.75, 3.05) is 16.9 Å². The summed E-state index contributed by atoms with van der Waals surface area (Å²) in [6.07, 6.45) is 2.49. The molecule has 2 aromatic carbocycles. The molecule has 5 N–H and O–H groups in total. The zero-order valence-corrected chi connectivity index (χ0v) is 19.0. The number of thiol groups is 1. The summed E-state index contributed by atoms with van der Waals surface area (Å²) in [7, 11) is 0. The number of benzene rings is 2. The van der Waals surface area contributed by atoms with Gasteiger partial charge in [-0.25, -0.2) is 4.79 Å². The van der Waals surface area contributed by atoms with Gasteiger partial charge in [-0.2, -0.15) is 12.6 Å². The van der Waals surface area contributed by atoms with Crippen LogP contribution >= 0.6 is 12.6 Å². The highest BCUT2D eigenvalue weighted by Crippen LogP contribution is 2.45. The number of fused-ring (bicyclic) bond motifs is 1. The Labute approximate surface area is 183 Å². The van der Waals surface area contributed by atoms with Crippen molar-refractivity contribution >= 4 is 35.9 Å². The average molecular weight is 430 g/mol. The fourth-order valence-electron chi connectivity index (χ4n) is 3.72. The van der Waals surface area contributed by atoms with Crippen LogP contribution in [0.15, 0.2) is 42.5 Å². The molecule has 0 radical (unpaired) electrons. The third-order valence-electron chi connectivity index (χ3n) is 5.33. The highest BCUT2D eigenvalue weighted by Gasteiger charge is 2.36. The highest BCUT2D eigenvalue weighted by molar-refractivity contribution is 7.79. The van der Waals surface area contributed by atoms with Crippen LogP contribution in [0.2, 0.25) is 0 Å². The molecule has 0 bridgehead atoms. The Bertz CT molecular complexity index is 941. The van der Waals surface area contributed by atoms with Crippen molar-refractivity contribution in [3.63, 3.8) is 0 Å². The van der Waals surface area contributed by atoms with Crippen LogP contribution in [-0.2, 0) is 11.2 Å². The van der Waals surface area contributed by atoms with Crippen LogP contribution in [0.3, 0.4) is 0 Å². The van der Waals surface area contributed by atoms with Gasteiger partial charge in [0.2, 0.25) is 5.91 Å². The summed E-state index contributed by atoms with van der Waals surface area (Å²) < 4.78 is 0. The van der Waals surface area contributed by atoms with E-state index >= 15 is 0 Å².